The number of ether oxygens (including phenoxy) is 1. The average molecular weight is 287 g/mol. The van der Waals surface area contributed by atoms with Crippen molar-refractivity contribution in [2.75, 3.05) is 12.3 Å². The van der Waals surface area contributed by atoms with Gasteiger partial charge in [0.25, 0.3) is 0 Å². The fourth-order valence-electron chi connectivity index (χ4n) is 2.65. The topological polar surface area (TPSA) is 74.2 Å². The molecule has 0 bridgehead atoms. The molecule has 5 nitrogen and oxygen atoms in total. The smallest absolute Gasteiger partial charge is 0.226 e. The highest BCUT2D eigenvalue weighted by molar-refractivity contribution is 5.46. The number of nitrogen functional groups attached to an aromatic ring is 1. The number of hydrogen-bond donors (Lipinski definition) is 1. The van der Waals surface area contributed by atoms with Gasteiger partial charge in [0.05, 0.1) is 6.10 Å². The zero-order valence-corrected chi connectivity index (χ0v) is 12.1. The van der Waals surface area contributed by atoms with Crippen molar-refractivity contribution >= 4 is 5.69 Å². The maximum atomic E-state index is 5.93. The van der Waals surface area contributed by atoms with Gasteiger partial charge < -0.3 is 15.0 Å². The number of aryl methyl sites for hydroxylation is 2. The van der Waals surface area contributed by atoms with Crippen LogP contribution in [-0.2, 0) is 24.0 Å². The Kier molecular flexibility index (Phi) is 4.50. The zero-order valence-electron chi connectivity index (χ0n) is 12.1. The molecule has 21 heavy (non-hydrogen) atoms. The number of nitrogens with zero attached hydrogens (tertiary/aromatic N) is 2. The molecule has 1 fully saturated rings. The lowest BCUT2D eigenvalue weighted by Gasteiger charge is -2.20. The van der Waals surface area contributed by atoms with Crippen molar-refractivity contribution in [2.24, 2.45) is 0 Å². The van der Waals surface area contributed by atoms with Crippen LogP contribution in [0.3, 0.4) is 0 Å². The predicted molar refractivity (Wildman–Crippen MR) is 79.9 cm³/mol. The second-order valence-corrected chi connectivity index (χ2v) is 5.50. The van der Waals surface area contributed by atoms with E-state index in [0.717, 1.165) is 49.4 Å². The van der Waals surface area contributed by atoms with Gasteiger partial charge in [-0.1, -0.05) is 23.4 Å². The third kappa shape index (κ3) is 3.82. The Morgan fingerprint density at radius 1 is 1.19 bits per heavy atom. The number of para-hydroxylation sites is 1. The van der Waals surface area contributed by atoms with E-state index >= 15 is 0 Å². The molecule has 2 N–H and O–H groups in total. The van der Waals surface area contributed by atoms with Gasteiger partial charge in [-0.2, -0.15) is 4.98 Å². The molecule has 1 aliphatic heterocycles. The van der Waals surface area contributed by atoms with Crippen LogP contribution in [0.4, 0.5) is 5.69 Å². The SMILES string of the molecule is Nc1ccccc1CCc1nc(CC2CCCCO2)no1. The van der Waals surface area contributed by atoms with Crippen LogP contribution in [0, 0.1) is 0 Å². The second kappa shape index (κ2) is 6.72. The zero-order chi connectivity index (χ0) is 14.5. The van der Waals surface area contributed by atoms with Crippen LogP contribution >= 0.6 is 0 Å². The summed E-state index contributed by atoms with van der Waals surface area (Å²) >= 11 is 0. The molecular weight excluding hydrogens is 266 g/mol. The van der Waals surface area contributed by atoms with Crippen LogP contribution in [0.1, 0.15) is 36.5 Å². The maximum absolute atomic E-state index is 5.93. The Morgan fingerprint density at radius 3 is 2.90 bits per heavy atom. The monoisotopic (exact) mass is 287 g/mol. The summed E-state index contributed by atoms with van der Waals surface area (Å²) in [5.74, 6) is 1.42. The molecule has 1 atom stereocenters. The summed E-state index contributed by atoms with van der Waals surface area (Å²) in [7, 11) is 0. The summed E-state index contributed by atoms with van der Waals surface area (Å²) in [6, 6.07) is 7.87. The van der Waals surface area contributed by atoms with Gasteiger partial charge in [-0.25, -0.2) is 0 Å². The van der Waals surface area contributed by atoms with Gasteiger partial charge in [0.15, 0.2) is 5.82 Å². The van der Waals surface area contributed by atoms with Crippen LogP contribution < -0.4 is 5.73 Å². The van der Waals surface area contributed by atoms with Gasteiger partial charge in [0.1, 0.15) is 0 Å². The van der Waals surface area contributed by atoms with Crippen LogP contribution in [0.2, 0.25) is 0 Å². The lowest BCUT2D eigenvalue weighted by molar-refractivity contribution is 0.0153. The van der Waals surface area contributed by atoms with Crippen molar-refractivity contribution in [3.8, 4) is 0 Å². The molecule has 0 amide bonds. The van der Waals surface area contributed by atoms with E-state index in [0.29, 0.717) is 12.3 Å². The lowest BCUT2D eigenvalue weighted by atomic mass is 10.1. The highest BCUT2D eigenvalue weighted by Gasteiger charge is 2.17. The molecule has 1 aromatic heterocycles. The standard InChI is InChI=1S/C16H21N3O2/c17-14-7-2-1-5-12(14)8-9-16-18-15(19-21-16)11-13-6-3-4-10-20-13/h1-2,5,7,13H,3-4,6,8-11,17H2. The molecule has 1 aromatic carbocycles. The van der Waals surface area contributed by atoms with Gasteiger partial charge in [-0.3, -0.25) is 0 Å². The van der Waals surface area contributed by atoms with Crippen LogP contribution in [0.25, 0.3) is 0 Å². The van der Waals surface area contributed by atoms with Gasteiger partial charge in [0, 0.05) is 25.1 Å². The first-order chi connectivity index (χ1) is 10.3. The fraction of sp³-hybridized carbons (Fsp3) is 0.500. The van der Waals surface area contributed by atoms with Gasteiger partial charge >= 0.3 is 0 Å². The van der Waals surface area contributed by atoms with Crippen molar-refractivity contribution in [3.63, 3.8) is 0 Å². The molecule has 1 aliphatic rings. The van der Waals surface area contributed by atoms with Crippen molar-refractivity contribution < 1.29 is 9.26 Å². The summed E-state index contributed by atoms with van der Waals surface area (Å²) < 4.78 is 11.0. The van der Waals surface area contributed by atoms with Crippen molar-refractivity contribution in [1.82, 2.24) is 10.1 Å². The number of benzene rings is 1. The van der Waals surface area contributed by atoms with E-state index in [4.69, 9.17) is 15.0 Å². The Morgan fingerprint density at radius 2 is 2.10 bits per heavy atom. The second-order valence-electron chi connectivity index (χ2n) is 5.50. The van der Waals surface area contributed by atoms with E-state index in [9.17, 15) is 0 Å². The normalized spacial score (nSPS) is 18.8. The number of nitrogens with two attached hydrogens (primary N) is 1. The molecule has 2 heterocycles. The van der Waals surface area contributed by atoms with Crippen molar-refractivity contribution in [3.05, 3.63) is 41.5 Å². The first-order valence-electron chi connectivity index (χ1n) is 7.58. The molecule has 5 heteroatoms. The summed E-state index contributed by atoms with van der Waals surface area (Å²) in [6.45, 7) is 0.850. The number of rotatable bonds is 5. The fourth-order valence-corrected chi connectivity index (χ4v) is 2.65. The molecule has 0 spiro atoms. The Labute approximate surface area is 124 Å². The summed E-state index contributed by atoms with van der Waals surface area (Å²) in [5.41, 5.74) is 7.86. The average Bonchev–Trinajstić information content (AvgIpc) is 2.95. The van der Waals surface area contributed by atoms with Crippen LogP contribution in [0.5, 0.6) is 0 Å². The van der Waals surface area contributed by atoms with Gasteiger partial charge in [0.2, 0.25) is 5.89 Å². The van der Waals surface area contributed by atoms with Crippen molar-refractivity contribution in [1.29, 1.82) is 0 Å². The highest BCUT2D eigenvalue weighted by atomic mass is 16.5. The highest BCUT2D eigenvalue weighted by Crippen LogP contribution is 2.17. The minimum Gasteiger partial charge on any atom is -0.399 e. The van der Waals surface area contributed by atoms with E-state index in [2.05, 4.69) is 10.1 Å². The summed E-state index contributed by atoms with van der Waals surface area (Å²) in [5, 5.41) is 4.05. The quantitative estimate of drug-likeness (QED) is 0.855. The van der Waals surface area contributed by atoms with E-state index < -0.39 is 0 Å². The Balaban J connectivity index is 1.54. The molecule has 1 unspecified atom stereocenters. The van der Waals surface area contributed by atoms with E-state index in [-0.39, 0.29) is 6.10 Å². The third-order valence-corrected chi connectivity index (χ3v) is 3.86. The summed E-state index contributed by atoms with van der Waals surface area (Å²) in [4.78, 5) is 4.45. The number of anilines is 1. The largest absolute Gasteiger partial charge is 0.399 e. The first-order valence-corrected chi connectivity index (χ1v) is 7.58. The molecule has 0 radical (unpaired) electrons. The number of hydrogen-bond acceptors (Lipinski definition) is 5. The maximum Gasteiger partial charge on any atom is 0.226 e. The molecule has 0 aliphatic carbocycles. The molecule has 0 saturated carbocycles. The molecule has 1 saturated heterocycles. The minimum absolute atomic E-state index is 0.244. The van der Waals surface area contributed by atoms with E-state index in [1.54, 1.807) is 0 Å². The predicted octanol–water partition coefficient (Wildman–Crippen LogP) is 2.55. The molecular formula is C16H21N3O2. The molecule has 3 rings (SSSR count). The summed E-state index contributed by atoms with van der Waals surface area (Å²) in [6.07, 6.45) is 5.99. The molecule has 112 valence electrons. The Hall–Kier alpha value is -1.88. The number of aromatic nitrogens is 2. The van der Waals surface area contributed by atoms with Crippen LogP contribution in [0.15, 0.2) is 28.8 Å². The third-order valence-electron chi connectivity index (χ3n) is 3.86. The van der Waals surface area contributed by atoms with Crippen molar-refractivity contribution in [2.45, 2.75) is 44.6 Å². The Bertz CT molecular complexity index is 576. The first kappa shape index (κ1) is 14.1. The lowest BCUT2D eigenvalue weighted by Crippen LogP contribution is -2.21. The molecule has 2 aromatic rings. The van der Waals surface area contributed by atoms with Gasteiger partial charge in [-0.15, -0.1) is 0 Å². The van der Waals surface area contributed by atoms with E-state index in [1.807, 2.05) is 24.3 Å². The van der Waals surface area contributed by atoms with Gasteiger partial charge in [-0.05, 0) is 37.3 Å². The minimum atomic E-state index is 0.244. The van der Waals surface area contributed by atoms with Crippen LogP contribution in [-0.4, -0.2) is 22.9 Å². The van der Waals surface area contributed by atoms with E-state index in [1.165, 1.54) is 6.42 Å².